The number of benzene rings is 4. The number of nitrogens with one attached hydrogen (secondary N) is 2. The Morgan fingerprint density at radius 3 is 1.44 bits per heavy atom. The van der Waals surface area contributed by atoms with Crippen molar-refractivity contribution in [2.45, 2.75) is 35.5 Å². The van der Waals surface area contributed by atoms with E-state index >= 15 is 0 Å². The molecule has 0 spiro atoms. The molecule has 0 radical (unpaired) electrons. The molecule has 0 unspecified atom stereocenters. The van der Waals surface area contributed by atoms with Crippen LogP contribution in [0.15, 0.2) is 112 Å². The fraction of sp³-hybridized carbons (Fsp3) is 0.107. The van der Waals surface area contributed by atoms with E-state index in [1.807, 2.05) is 4.72 Å². The molecule has 4 rings (SSSR count). The highest BCUT2D eigenvalue weighted by atomic mass is 32.3. The van der Waals surface area contributed by atoms with E-state index in [4.69, 9.17) is 0 Å². The Morgan fingerprint density at radius 2 is 1.00 bits per heavy atom. The third-order valence-electron chi connectivity index (χ3n) is 5.95. The molecule has 2 N–H and O–H groups in total. The molecule has 0 saturated carbocycles. The Hall–Kier alpha value is -4.20. The zero-order valence-electron chi connectivity index (χ0n) is 22.3. The number of hydrogen-bond acceptors (Lipinski definition) is 7. The summed E-state index contributed by atoms with van der Waals surface area (Å²) < 4.78 is 82.6. The van der Waals surface area contributed by atoms with Gasteiger partial charge in [-0.2, -0.15) is 3.71 Å². The second-order valence-corrected chi connectivity index (χ2v) is 14.7. The van der Waals surface area contributed by atoms with Crippen LogP contribution in [0.1, 0.15) is 16.7 Å². The van der Waals surface area contributed by atoms with Gasteiger partial charge in [0.2, 0.25) is 0 Å². The predicted octanol–water partition coefficient (Wildman–Crippen LogP) is 4.71. The van der Waals surface area contributed by atoms with Crippen molar-refractivity contribution in [2.24, 2.45) is 0 Å². The van der Waals surface area contributed by atoms with Crippen LogP contribution in [-0.2, 0) is 30.1 Å². The van der Waals surface area contributed by atoms with Crippen molar-refractivity contribution in [1.82, 2.24) is 4.72 Å². The molecule has 13 heteroatoms. The number of aryl methyl sites for hydroxylation is 3. The van der Waals surface area contributed by atoms with E-state index in [-0.39, 0.29) is 26.1 Å². The molecule has 41 heavy (non-hydrogen) atoms. The van der Waals surface area contributed by atoms with E-state index in [1.54, 1.807) is 57.2 Å². The van der Waals surface area contributed by atoms with Crippen LogP contribution in [0.4, 0.5) is 16.2 Å². The first-order chi connectivity index (χ1) is 19.2. The maximum atomic E-state index is 13.8. The van der Waals surface area contributed by atoms with Crippen LogP contribution in [0.3, 0.4) is 0 Å². The zero-order valence-corrected chi connectivity index (χ0v) is 24.7. The molecule has 0 aliphatic rings. The maximum Gasteiger partial charge on any atom is 0.333 e. The second-order valence-electron chi connectivity index (χ2n) is 9.26. The van der Waals surface area contributed by atoms with Crippen molar-refractivity contribution in [3.05, 3.63) is 114 Å². The molecule has 10 nitrogen and oxygen atoms in total. The average Bonchev–Trinajstić information content (AvgIpc) is 2.89. The van der Waals surface area contributed by atoms with Crippen molar-refractivity contribution >= 4 is 47.5 Å². The number of urea groups is 1. The van der Waals surface area contributed by atoms with Gasteiger partial charge in [-0.3, -0.25) is 0 Å². The van der Waals surface area contributed by atoms with Crippen molar-refractivity contribution in [3.8, 4) is 0 Å². The van der Waals surface area contributed by atoms with Crippen molar-refractivity contribution in [1.29, 1.82) is 0 Å². The van der Waals surface area contributed by atoms with Gasteiger partial charge in [-0.05, 0) is 75.4 Å². The summed E-state index contributed by atoms with van der Waals surface area (Å²) in [6, 6.07) is 21.1. The van der Waals surface area contributed by atoms with Crippen LogP contribution in [0.2, 0.25) is 0 Å². The van der Waals surface area contributed by atoms with Crippen LogP contribution >= 0.6 is 0 Å². The molecular weight excluding hydrogens is 587 g/mol. The van der Waals surface area contributed by atoms with Crippen LogP contribution in [0.5, 0.6) is 0 Å². The van der Waals surface area contributed by atoms with Crippen molar-refractivity contribution < 1.29 is 30.0 Å². The standard InChI is InChI=1S/C28H27N3O7S3/c1-20-7-13-25(14-8-20)39(33,34)30-28(32)29-23-5-4-6-24(19-23)31(40(35,36)26-15-9-21(2)10-16-26)41(37,38)27-17-11-22(3)12-18-27/h4-19H,1-3H3,(H2,29,30,32). The van der Waals surface area contributed by atoms with E-state index in [9.17, 15) is 30.0 Å². The highest BCUT2D eigenvalue weighted by Crippen LogP contribution is 2.32. The number of nitrogens with zero attached hydrogens (tertiary/aromatic N) is 1. The molecule has 0 aromatic heterocycles. The zero-order chi connectivity index (χ0) is 30.0. The van der Waals surface area contributed by atoms with Gasteiger partial charge in [0.05, 0.1) is 20.4 Å². The molecule has 0 heterocycles. The second kappa shape index (κ2) is 11.4. The molecule has 2 amide bonds. The molecule has 4 aromatic carbocycles. The first kappa shape index (κ1) is 29.8. The predicted molar refractivity (Wildman–Crippen MR) is 156 cm³/mol. The fourth-order valence-corrected chi connectivity index (χ4v) is 8.35. The van der Waals surface area contributed by atoms with Crippen molar-refractivity contribution in [3.63, 3.8) is 0 Å². The van der Waals surface area contributed by atoms with E-state index in [0.29, 0.717) is 3.71 Å². The first-order valence-corrected chi connectivity index (χ1v) is 16.5. The molecule has 0 aliphatic carbocycles. The van der Waals surface area contributed by atoms with Gasteiger partial charge >= 0.3 is 6.03 Å². The van der Waals surface area contributed by atoms with Crippen LogP contribution in [0.25, 0.3) is 0 Å². The lowest BCUT2D eigenvalue weighted by Gasteiger charge is -2.25. The monoisotopic (exact) mass is 613 g/mol. The summed E-state index contributed by atoms with van der Waals surface area (Å²) in [5.74, 6) is 0. The Balaban J connectivity index is 1.73. The highest BCUT2D eigenvalue weighted by Gasteiger charge is 2.37. The molecule has 4 aromatic rings. The summed E-state index contributed by atoms with van der Waals surface area (Å²) in [6.07, 6.45) is 0. The van der Waals surface area contributed by atoms with Gasteiger partial charge in [-0.25, -0.2) is 34.8 Å². The van der Waals surface area contributed by atoms with Gasteiger partial charge < -0.3 is 5.32 Å². The third-order valence-corrected chi connectivity index (χ3v) is 11.5. The minimum atomic E-state index is -4.68. The van der Waals surface area contributed by atoms with Crippen molar-refractivity contribution in [2.75, 3.05) is 9.03 Å². The summed E-state index contributed by atoms with van der Waals surface area (Å²) in [4.78, 5) is 11.9. The minimum Gasteiger partial charge on any atom is -0.307 e. The van der Waals surface area contributed by atoms with E-state index in [2.05, 4.69) is 5.32 Å². The van der Waals surface area contributed by atoms with Gasteiger partial charge in [-0.15, -0.1) is 0 Å². The molecular formula is C28H27N3O7S3. The Morgan fingerprint density at radius 1 is 0.585 bits per heavy atom. The summed E-state index contributed by atoms with van der Waals surface area (Å²) in [5, 5.41) is 2.33. The van der Waals surface area contributed by atoms with E-state index < -0.39 is 36.1 Å². The molecule has 0 bridgehead atoms. The number of hydrogen-bond donors (Lipinski definition) is 2. The smallest absolute Gasteiger partial charge is 0.307 e. The lowest BCUT2D eigenvalue weighted by molar-refractivity contribution is 0.256. The Kier molecular flexibility index (Phi) is 8.24. The number of amides is 2. The van der Waals surface area contributed by atoms with Gasteiger partial charge in [0.25, 0.3) is 30.1 Å². The Bertz CT molecular complexity index is 1830. The number of carbonyl (C=O) groups is 1. The maximum absolute atomic E-state index is 13.8. The summed E-state index contributed by atoms with van der Waals surface area (Å²) >= 11 is 0. The summed E-state index contributed by atoms with van der Waals surface area (Å²) in [6.45, 7) is 5.30. The van der Waals surface area contributed by atoms with E-state index in [0.717, 1.165) is 22.8 Å². The summed E-state index contributed by atoms with van der Waals surface area (Å²) in [7, 11) is -13.6. The minimum absolute atomic E-state index is 0.0534. The largest absolute Gasteiger partial charge is 0.333 e. The molecule has 0 atom stereocenters. The number of rotatable bonds is 8. The molecule has 0 saturated heterocycles. The average molecular weight is 614 g/mol. The van der Waals surface area contributed by atoms with Gasteiger partial charge in [-0.1, -0.05) is 59.2 Å². The quantitative estimate of drug-likeness (QED) is 0.293. The van der Waals surface area contributed by atoms with Crippen LogP contribution < -0.4 is 13.7 Å². The summed E-state index contributed by atoms with van der Waals surface area (Å²) in [5.41, 5.74) is 2.02. The first-order valence-electron chi connectivity index (χ1n) is 12.1. The van der Waals surface area contributed by atoms with Gasteiger partial charge in [0.1, 0.15) is 0 Å². The van der Waals surface area contributed by atoms with Crippen LogP contribution in [-0.4, -0.2) is 31.3 Å². The third kappa shape index (κ3) is 6.59. The topological polar surface area (TPSA) is 147 Å². The fourth-order valence-electron chi connectivity index (χ4n) is 3.77. The lowest BCUT2D eigenvalue weighted by atomic mass is 10.2. The SMILES string of the molecule is Cc1ccc(S(=O)(=O)NC(=O)Nc2cccc(N(S(=O)(=O)c3ccc(C)cc3)S(=O)(=O)c3ccc(C)cc3)c2)cc1. The number of sulfonamides is 3. The molecule has 214 valence electrons. The molecule has 0 fully saturated rings. The van der Waals surface area contributed by atoms with Crippen LogP contribution in [0, 0.1) is 20.8 Å². The normalized spacial score (nSPS) is 12.0. The molecule has 0 aliphatic heterocycles. The lowest BCUT2D eigenvalue weighted by Crippen LogP contribution is -2.37. The Labute approximate surface area is 239 Å². The van der Waals surface area contributed by atoms with Gasteiger partial charge in [0, 0.05) is 5.69 Å². The van der Waals surface area contributed by atoms with E-state index in [1.165, 1.54) is 54.6 Å². The number of carbonyl (C=O) groups excluding carboxylic acids is 1. The highest BCUT2D eigenvalue weighted by molar-refractivity contribution is 8.10. The number of anilines is 2. The van der Waals surface area contributed by atoms with Gasteiger partial charge in [0.15, 0.2) is 0 Å².